The van der Waals surface area contributed by atoms with Gasteiger partial charge < -0.3 is 20.6 Å². The topological polar surface area (TPSA) is 163 Å². The zero-order valence-corrected chi connectivity index (χ0v) is 21.6. The highest BCUT2D eigenvalue weighted by atomic mass is 16.3. The molecule has 40 heavy (non-hydrogen) atoms. The van der Waals surface area contributed by atoms with Crippen LogP contribution in [0.4, 0.5) is 23.0 Å². The van der Waals surface area contributed by atoms with Gasteiger partial charge in [-0.25, -0.2) is 4.98 Å². The van der Waals surface area contributed by atoms with Gasteiger partial charge in [0, 0.05) is 55.3 Å². The number of aliphatic hydroxyl groups excluding tert-OH is 1. The highest BCUT2D eigenvalue weighted by molar-refractivity contribution is 5.99. The Labute approximate surface area is 229 Å². The maximum atomic E-state index is 12.9. The second kappa shape index (κ2) is 11.7. The van der Waals surface area contributed by atoms with Crippen molar-refractivity contribution in [3.05, 3.63) is 77.4 Å². The van der Waals surface area contributed by atoms with E-state index in [1.807, 2.05) is 30.3 Å². The van der Waals surface area contributed by atoms with Gasteiger partial charge in [-0.05, 0) is 42.5 Å². The number of aromatic nitrogens is 4. The molecular weight excluding hydrogens is 510 g/mol. The third-order valence-corrected chi connectivity index (χ3v) is 6.54. The number of hydrogen-bond donors (Lipinski definition) is 4. The molecule has 0 aliphatic carbocycles. The molecule has 202 valence electrons. The van der Waals surface area contributed by atoms with Crippen LogP contribution in [0.1, 0.15) is 5.82 Å². The zero-order chi connectivity index (χ0) is 28.1. The summed E-state index contributed by atoms with van der Waals surface area (Å²) in [7, 11) is 0. The number of nitrogens with one attached hydrogen (secondary N) is 3. The Balaban J connectivity index is 1.46. The molecule has 2 aromatic heterocycles. The summed E-state index contributed by atoms with van der Waals surface area (Å²) in [4.78, 5) is 45.0. The lowest BCUT2D eigenvalue weighted by Gasteiger charge is -2.35. The Bertz CT molecular complexity index is 1650. The average molecular weight is 538 g/mol. The normalized spacial score (nSPS) is 13.6. The predicted molar refractivity (Wildman–Crippen MR) is 152 cm³/mol. The number of carbonyl (C=O) groups is 1. The Morgan fingerprint density at radius 1 is 1.10 bits per heavy atom. The molecule has 1 saturated heterocycles. The Morgan fingerprint density at radius 3 is 2.58 bits per heavy atom. The summed E-state index contributed by atoms with van der Waals surface area (Å²) in [5.74, 6) is -0.348. The van der Waals surface area contributed by atoms with Crippen LogP contribution in [0.3, 0.4) is 0 Å². The van der Waals surface area contributed by atoms with Crippen LogP contribution in [-0.2, 0) is 4.79 Å². The number of aromatic amines is 1. The van der Waals surface area contributed by atoms with Gasteiger partial charge in [-0.2, -0.15) is 15.2 Å². The molecule has 0 atom stereocenters. The van der Waals surface area contributed by atoms with Crippen molar-refractivity contribution in [1.82, 2.24) is 24.8 Å². The molecule has 1 aliphatic heterocycles. The third kappa shape index (κ3) is 5.80. The molecule has 12 heteroatoms. The summed E-state index contributed by atoms with van der Waals surface area (Å²) >= 11 is 0. The van der Waals surface area contributed by atoms with Crippen LogP contribution < -0.4 is 21.1 Å². The van der Waals surface area contributed by atoms with E-state index in [-0.39, 0.29) is 41.0 Å². The number of piperazine rings is 1. The number of rotatable bonds is 8. The first kappa shape index (κ1) is 26.5. The number of nitrogens with zero attached hydrogens (tertiary/aromatic N) is 6. The first-order valence-electron chi connectivity index (χ1n) is 12.7. The molecule has 0 unspecified atom stereocenters. The van der Waals surface area contributed by atoms with E-state index in [0.717, 1.165) is 43.6 Å². The summed E-state index contributed by atoms with van der Waals surface area (Å²) in [6.07, 6.45) is 1.16. The van der Waals surface area contributed by atoms with Crippen LogP contribution in [0.2, 0.25) is 0 Å². The molecule has 1 fully saturated rings. The fourth-order valence-corrected chi connectivity index (χ4v) is 4.55. The van der Waals surface area contributed by atoms with Crippen LogP contribution in [0.25, 0.3) is 22.3 Å². The molecule has 2 aromatic carbocycles. The van der Waals surface area contributed by atoms with Crippen molar-refractivity contribution < 1.29 is 9.90 Å². The number of carbonyl (C=O) groups excluding carboxylic acids is 1. The first-order valence-corrected chi connectivity index (χ1v) is 12.7. The van der Waals surface area contributed by atoms with Crippen molar-refractivity contribution >= 4 is 40.0 Å². The third-order valence-electron chi connectivity index (χ3n) is 6.54. The smallest absolute Gasteiger partial charge is 0.263 e. The minimum atomic E-state index is -0.549. The lowest BCUT2D eigenvalue weighted by Crippen LogP contribution is -2.47. The number of anilines is 4. The van der Waals surface area contributed by atoms with Gasteiger partial charge in [0.05, 0.1) is 12.3 Å². The van der Waals surface area contributed by atoms with Gasteiger partial charge in [0.2, 0.25) is 17.7 Å². The molecule has 4 N–H and O–H groups in total. The fourth-order valence-electron chi connectivity index (χ4n) is 4.55. The molecule has 0 radical (unpaired) electrons. The van der Waals surface area contributed by atoms with Gasteiger partial charge in [0.15, 0.2) is 5.65 Å². The van der Waals surface area contributed by atoms with E-state index in [1.54, 1.807) is 24.3 Å². The Kier molecular flexibility index (Phi) is 7.77. The number of amides is 1. The van der Waals surface area contributed by atoms with Crippen LogP contribution in [0.15, 0.2) is 66.0 Å². The minimum Gasteiger partial charge on any atom is -0.395 e. The van der Waals surface area contributed by atoms with E-state index in [4.69, 9.17) is 5.11 Å². The standard InChI is InChI=1S/C28H27N9O3/c1-2-23(39)30-20-5-3-4-18(16-20)25-24-26(32-22(17-29)33-27(24)40)35-28(34-25)31-19-6-8-21(9-7-19)37-12-10-36(11-13-37)14-15-38/h2-9,16,38H,1,10-15H2,(H,30,39)(H2,31,32,33,34,35,40). The minimum absolute atomic E-state index is 0.0608. The fraction of sp³-hybridized carbons (Fsp3) is 0.214. The Hall–Kier alpha value is -5.12. The molecule has 5 rings (SSSR count). The number of H-pyrrole nitrogens is 1. The van der Waals surface area contributed by atoms with Crippen LogP contribution >= 0.6 is 0 Å². The molecule has 4 aromatic rings. The number of benzene rings is 2. The maximum absolute atomic E-state index is 12.9. The van der Waals surface area contributed by atoms with E-state index in [9.17, 15) is 14.9 Å². The van der Waals surface area contributed by atoms with Crippen molar-refractivity contribution in [2.75, 3.05) is 54.9 Å². The number of hydrogen-bond acceptors (Lipinski definition) is 10. The van der Waals surface area contributed by atoms with Crippen molar-refractivity contribution in [3.63, 3.8) is 0 Å². The highest BCUT2D eigenvalue weighted by Crippen LogP contribution is 2.28. The van der Waals surface area contributed by atoms with Crippen molar-refractivity contribution in [2.45, 2.75) is 0 Å². The van der Waals surface area contributed by atoms with Crippen LogP contribution in [0, 0.1) is 11.3 Å². The van der Waals surface area contributed by atoms with Gasteiger partial charge in [-0.3, -0.25) is 19.5 Å². The number of aliphatic hydroxyl groups is 1. The van der Waals surface area contributed by atoms with E-state index in [1.165, 1.54) is 0 Å². The summed E-state index contributed by atoms with van der Waals surface area (Å²) in [5.41, 5.74) is 2.65. The molecule has 12 nitrogen and oxygen atoms in total. The van der Waals surface area contributed by atoms with Crippen molar-refractivity contribution in [2.24, 2.45) is 0 Å². The zero-order valence-electron chi connectivity index (χ0n) is 21.6. The lowest BCUT2D eigenvalue weighted by molar-refractivity contribution is -0.111. The molecule has 1 amide bonds. The number of β-amino-alcohol motifs (C(OH)–C–C–N with tert-alkyl or cyclic N) is 1. The average Bonchev–Trinajstić information content (AvgIpc) is 2.97. The lowest BCUT2D eigenvalue weighted by atomic mass is 10.1. The predicted octanol–water partition coefficient (Wildman–Crippen LogP) is 2.23. The van der Waals surface area contributed by atoms with Gasteiger partial charge in [0.25, 0.3) is 5.56 Å². The van der Waals surface area contributed by atoms with E-state index >= 15 is 0 Å². The van der Waals surface area contributed by atoms with Crippen molar-refractivity contribution in [1.29, 1.82) is 5.26 Å². The molecule has 0 saturated carbocycles. The van der Waals surface area contributed by atoms with E-state index in [2.05, 4.69) is 46.9 Å². The molecule has 0 bridgehead atoms. The quantitative estimate of drug-likeness (QED) is 0.245. The van der Waals surface area contributed by atoms with E-state index in [0.29, 0.717) is 17.8 Å². The monoisotopic (exact) mass is 537 g/mol. The van der Waals surface area contributed by atoms with Gasteiger partial charge >= 0.3 is 0 Å². The van der Waals surface area contributed by atoms with Gasteiger partial charge in [0.1, 0.15) is 11.5 Å². The molecule has 3 heterocycles. The highest BCUT2D eigenvalue weighted by Gasteiger charge is 2.18. The van der Waals surface area contributed by atoms with E-state index < -0.39 is 5.56 Å². The molecule has 0 spiro atoms. The summed E-state index contributed by atoms with van der Waals surface area (Å²) in [6.45, 7) is 7.85. The second-order valence-electron chi connectivity index (χ2n) is 9.12. The number of nitriles is 1. The Morgan fingerprint density at radius 2 is 1.88 bits per heavy atom. The summed E-state index contributed by atoms with van der Waals surface area (Å²) in [6, 6.07) is 16.6. The van der Waals surface area contributed by atoms with Crippen LogP contribution in [-0.4, -0.2) is 75.2 Å². The summed E-state index contributed by atoms with van der Waals surface area (Å²) < 4.78 is 0. The van der Waals surface area contributed by atoms with Crippen molar-refractivity contribution in [3.8, 4) is 17.3 Å². The largest absolute Gasteiger partial charge is 0.395 e. The number of fused-ring (bicyclic) bond motifs is 1. The first-order chi connectivity index (χ1) is 19.5. The maximum Gasteiger partial charge on any atom is 0.263 e. The summed E-state index contributed by atoms with van der Waals surface area (Å²) in [5, 5.41) is 24.5. The van der Waals surface area contributed by atoms with Gasteiger partial charge in [-0.15, -0.1) is 0 Å². The molecular formula is C28H27N9O3. The second-order valence-corrected chi connectivity index (χ2v) is 9.12. The molecule has 1 aliphatic rings. The SMILES string of the molecule is C=CC(=O)Nc1cccc(-c2nc(Nc3ccc(N4CCN(CCO)CC4)cc3)nc3nc(C#N)[nH]c(=O)c23)c1. The van der Waals surface area contributed by atoms with Crippen LogP contribution in [0.5, 0.6) is 0 Å². The van der Waals surface area contributed by atoms with Gasteiger partial charge in [-0.1, -0.05) is 18.7 Å².